The van der Waals surface area contributed by atoms with Gasteiger partial charge in [0.25, 0.3) is 5.91 Å². The number of phenolic OH excluding ortho intramolecular Hbond substituents is 1. The first-order valence-electron chi connectivity index (χ1n) is 5.26. The number of methoxy groups -OCH3 is 1. The van der Waals surface area contributed by atoms with E-state index >= 15 is 0 Å². The van der Waals surface area contributed by atoms with Crippen LogP contribution in [0.1, 0.15) is 17.3 Å². The van der Waals surface area contributed by atoms with Crippen LogP contribution in [-0.4, -0.2) is 47.8 Å². The molecule has 2 N–H and O–H groups in total. The Labute approximate surface area is 100 Å². The van der Waals surface area contributed by atoms with Crippen LogP contribution in [0, 0.1) is 0 Å². The Morgan fingerprint density at radius 2 is 2.18 bits per heavy atom. The summed E-state index contributed by atoms with van der Waals surface area (Å²) in [7, 11) is 2.98. The molecule has 1 amide bonds. The number of rotatable bonds is 4. The van der Waals surface area contributed by atoms with E-state index in [1.165, 1.54) is 18.1 Å². The first kappa shape index (κ1) is 13.3. The predicted molar refractivity (Wildman–Crippen MR) is 63.3 cm³/mol. The molecule has 1 aromatic carbocycles. The summed E-state index contributed by atoms with van der Waals surface area (Å²) in [5.41, 5.74) is 0.160. The average molecular weight is 239 g/mol. The fourth-order valence-corrected chi connectivity index (χ4v) is 1.54. The van der Waals surface area contributed by atoms with Crippen LogP contribution >= 0.6 is 0 Å². The Morgan fingerprint density at radius 1 is 1.53 bits per heavy atom. The Morgan fingerprint density at radius 3 is 2.71 bits per heavy atom. The molecular formula is C12H17NO4. The molecule has 5 heteroatoms. The maximum absolute atomic E-state index is 12.0. The number of nitrogens with zero attached hydrogens (tertiary/aromatic N) is 1. The smallest absolute Gasteiger partial charge is 0.257 e. The third kappa shape index (κ3) is 3.10. The van der Waals surface area contributed by atoms with E-state index < -0.39 is 6.10 Å². The summed E-state index contributed by atoms with van der Waals surface area (Å²) < 4.78 is 4.93. The molecule has 0 aliphatic heterocycles. The van der Waals surface area contributed by atoms with E-state index in [0.29, 0.717) is 0 Å². The molecular weight excluding hydrogens is 222 g/mol. The molecule has 1 atom stereocenters. The average Bonchev–Trinajstić information content (AvgIpc) is 2.27. The molecule has 17 heavy (non-hydrogen) atoms. The highest BCUT2D eigenvalue weighted by atomic mass is 16.5. The van der Waals surface area contributed by atoms with Crippen molar-refractivity contribution in [1.29, 1.82) is 0 Å². The quantitative estimate of drug-likeness (QED) is 0.817. The lowest BCUT2D eigenvalue weighted by molar-refractivity contribution is 0.0700. The van der Waals surface area contributed by atoms with Gasteiger partial charge in [-0.2, -0.15) is 0 Å². The molecule has 0 aromatic heterocycles. The lowest BCUT2D eigenvalue weighted by Crippen LogP contribution is -2.33. The maximum Gasteiger partial charge on any atom is 0.257 e. The fourth-order valence-electron chi connectivity index (χ4n) is 1.54. The zero-order chi connectivity index (χ0) is 13.0. The Balaban J connectivity index is 2.96. The summed E-state index contributed by atoms with van der Waals surface area (Å²) in [6.45, 7) is 1.80. The fraction of sp³-hybridized carbons (Fsp3) is 0.417. The number of amides is 1. The molecule has 94 valence electrons. The van der Waals surface area contributed by atoms with Crippen LogP contribution in [0.2, 0.25) is 0 Å². The van der Waals surface area contributed by atoms with Crippen molar-refractivity contribution in [3.8, 4) is 11.5 Å². The first-order chi connectivity index (χ1) is 7.97. The van der Waals surface area contributed by atoms with Crippen molar-refractivity contribution in [2.45, 2.75) is 13.0 Å². The monoisotopic (exact) mass is 239 g/mol. The van der Waals surface area contributed by atoms with E-state index in [2.05, 4.69) is 0 Å². The minimum Gasteiger partial charge on any atom is -0.504 e. The van der Waals surface area contributed by atoms with Crippen molar-refractivity contribution in [2.75, 3.05) is 20.7 Å². The van der Waals surface area contributed by atoms with Crippen molar-refractivity contribution in [3.63, 3.8) is 0 Å². The number of likely N-dealkylation sites (N-methyl/N-ethyl adjacent to an activating group) is 1. The minimum atomic E-state index is -0.614. The van der Waals surface area contributed by atoms with Crippen LogP contribution in [0.15, 0.2) is 18.2 Å². The van der Waals surface area contributed by atoms with E-state index in [1.807, 2.05) is 0 Å². The van der Waals surface area contributed by atoms with Gasteiger partial charge in [-0.15, -0.1) is 0 Å². The van der Waals surface area contributed by atoms with E-state index in [-0.39, 0.29) is 29.5 Å². The third-order valence-electron chi connectivity index (χ3n) is 2.33. The summed E-state index contributed by atoms with van der Waals surface area (Å²) in [6, 6.07) is 4.71. The van der Waals surface area contributed by atoms with Gasteiger partial charge < -0.3 is 19.8 Å². The number of hydrogen-bond donors (Lipinski definition) is 2. The lowest BCUT2D eigenvalue weighted by atomic mass is 10.1. The van der Waals surface area contributed by atoms with Crippen LogP contribution < -0.4 is 4.74 Å². The normalized spacial score (nSPS) is 12.0. The van der Waals surface area contributed by atoms with Gasteiger partial charge >= 0.3 is 0 Å². The highest BCUT2D eigenvalue weighted by Crippen LogP contribution is 2.29. The van der Waals surface area contributed by atoms with Gasteiger partial charge in [0, 0.05) is 13.6 Å². The molecule has 0 aliphatic carbocycles. The minimum absolute atomic E-state index is 0.160. The van der Waals surface area contributed by atoms with Gasteiger partial charge in [0.05, 0.1) is 18.8 Å². The van der Waals surface area contributed by atoms with E-state index in [1.54, 1.807) is 26.1 Å². The maximum atomic E-state index is 12.0. The van der Waals surface area contributed by atoms with Gasteiger partial charge in [0.2, 0.25) is 0 Å². The molecule has 5 nitrogen and oxygen atoms in total. The van der Waals surface area contributed by atoms with Crippen LogP contribution in [-0.2, 0) is 0 Å². The Hall–Kier alpha value is -1.75. The molecule has 0 fully saturated rings. The first-order valence-corrected chi connectivity index (χ1v) is 5.26. The van der Waals surface area contributed by atoms with Crippen molar-refractivity contribution < 1.29 is 19.7 Å². The summed E-state index contributed by atoms with van der Waals surface area (Å²) in [4.78, 5) is 13.3. The van der Waals surface area contributed by atoms with E-state index in [0.717, 1.165) is 0 Å². The van der Waals surface area contributed by atoms with E-state index in [4.69, 9.17) is 4.74 Å². The predicted octanol–water partition coefficient (Wildman–Crippen LogP) is 0.854. The lowest BCUT2D eigenvalue weighted by Gasteiger charge is -2.19. The number of aromatic hydroxyl groups is 1. The summed E-state index contributed by atoms with van der Waals surface area (Å²) in [5.74, 6) is -0.291. The molecule has 0 radical (unpaired) electrons. The number of carbonyl (C=O) groups is 1. The van der Waals surface area contributed by atoms with Gasteiger partial charge in [-0.3, -0.25) is 4.79 Å². The van der Waals surface area contributed by atoms with Crippen LogP contribution in [0.25, 0.3) is 0 Å². The molecule has 0 saturated carbocycles. The number of phenols is 1. The summed E-state index contributed by atoms with van der Waals surface area (Å²) in [5, 5.41) is 19.0. The summed E-state index contributed by atoms with van der Waals surface area (Å²) in [6.07, 6.45) is -0.614. The molecule has 0 bridgehead atoms. The van der Waals surface area contributed by atoms with Gasteiger partial charge in [-0.1, -0.05) is 6.07 Å². The molecule has 0 saturated heterocycles. The SMILES string of the molecule is COc1cccc(C(=O)N(C)CC(C)O)c1O. The Bertz CT molecular complexity index is 403. The highest BCUT2D eigenvalue weighted by Gasteiger charge is 2.19. The number of aliphatic hydroxyl groups is 1. The second-order valence-electron chi connectivity index (χ2n) is 3.89. The zero-order valence-corrected chi connectivity index (χ0v) is 10.2. The molecule has 0 heterocycles. The third-order valence-corrected chi connectivity index (χ3v) is 2.33. The molecule has 0 spiro atoms. The number of aliphatic hydroxyl groups excluding tert-OH is 1. The standard InChI is InChI=1S/C12H17NO4/c1-8(14)7-13(2)12(16)9-5-4-6-10(17-3)11(9)15/h4-6,8,14-15H,7H2,1-3H3. The number of carbonyl (C=O) groups excluding carboxylic acids is 1. The van der Waals surface area contributed by atoms with Gasteiger partial charge in [-0.05, 0) is 19.1 Å². The number of benzene rings is 1. The molecule has 1 unspecified atom stereocenters. The second-order valence-corrected chi connectivity index (χ2v) is 3.89. The topological polar surface area (TPSA) is 70.0 Å². The van der Waals surface area contributed by atoms with Crippen molar-refractivity contribution in [1.82, 2.24) is 4.90 Å². The van der Waals surface area contributed by atoms with Crippen LogP contribution in [0.3, 0.4) is 0 Å². The van der Waals surface area contributed by atoms with E-state index in [9.17, 15) is 15.0 Å². The molecule has 0 aliphatic rings. The molecule has 1 rings (SSSR count). The van der Waals surface area contributed by atoms with Gasteiger partial charge in [0.15, 0.2) is 11.5 Å². The summed E-state index contributed by atoms with van der Waals surface area (Å²) >= 11 is 0. The molecule has 1 aromatic rings. The zero-order valence-electron chi connectivity index (χ0n) is 10.2. The number of ether oxygens (including phenoxy) is 1. The number of para-hydroxylation sites is 1. The van der Waals surface area contributed by atoms with Gasteiger partial charge in [0.1, 0.15) is 0 Å². The van der Waals surface area contributed by atoms with Crippen LogP contribution in [0.4, 0.5) is 0 Å². The van der Waals surface area contributed by atoms with Crippen LogP contribution in [0.5, 0.6) is 11.5 Å². The van der Waals surface area contributed by atoms with Crippen molar-refractivity contribution in [3.05, 3.63) is 23.8 Å². The number of hydrogen-bond acceptors (Lipinski definition) is 4. The Kier molecular flexibility index (Phi) is 4.34. The second kappa shape index (κ2) is 5.54. The highest BCUT2D eigenvalue weighted by molar-refractivity contribution is 5.97. The van der Waals surface area contributed by atoms with Gasteiger partial charge in [-0.25, -0.2) is 0 Å². The largest absolute Gasteiger partial charge is 0.504 e. The van der Waals surface area contributed by atoms with Crippen molar-refractivity contribution >= 4 is 5.91 Å². The van der Waals surface area contributed by atoms with Crippen molar-refractivity contribution in [2.24, 2.45) is 0 Å².